The van der Waals surface area contributed by atoms with Crippen molar-refractivity contribution in [3.05, 3.63) is 30.1 Å². The summed E-state index contributed by atoms with van der Waals surface area (Å²) in [6.45, 7) is 2.21. The largest absolute Gasteiger partial charge is 0.396 e. The van der Waals surface area contributed by atoms with Gasteiger partial charge >= 0.3 is 0 Å². The third kappa shape index (κ3) is 1.94. The van der Waals surface area contributed by atoms with Gasteiger partial charge < -0.3 is 10.4 Å². The van der Waals surface area contributed by atoms with Crippen LogP contribution in [0.5, 0.6) is 0 Å². The molecule has 0 spiro atoms. The molecule has 3 heteroatoms. The van der Waals surface area contributed by atoms with Crippen molar-refractivity contribution in [3.63, 3.8) is 0 Å². The minimum Gasteiger partial charge on any atom is -0.396 e. The molecule has 2 N–H and O–H groups in total. The summed E-state index contributed by atoms with van der Waals surface area (Å²) >= 11 is 0. The summed E-state index contributed by atoms with van der Waals surface area (Å²) in [5.74, 6) is 0.808. The van der Waals surface area contributed by atoms with E-state index in [2.05, 4.69) is 16.4 Å². The standard InChI is InChI=1S/C11H16N2O/c14-8-10-7-13-5-3-11(10)9-2-1-4-12-6-9/h1-2,4,6,10-11,13-14H,3,5,7-8H2/t10-,11-/m0/s1. The molecule has 1 aliphatic heterocycles. The fraction of sp³-hybridized carbons (Fsp3) is 0.545. The zero-order valence-corrected chi connectivity index (χ0v) is 8.19. The molecule has 3 nitrogen and oxygen atoms in total. The fourth-order valence-corrected chi connectivity index (χ4v) is 2.15. The Morgan fingerprint density at radius 1 is 1.57 bits per heavy atom. The molecule has 1 aromatic rings. The topological polar surface area (TPSA) is 45.1 Å². The number of hydrogen-bond donors (Lipinski definition) is 2. The van der Waals surface area contributed by atoms with E-state index >= 15 is 0 Å². The van der Waals surface area contributed by atoms with Crippen LogP contribution >= 0.6 is 0 Å². The van der Waals surface area contributed by atoms with Crippen molar-refractivity contribution in [1.82, 2.24) is 10.3 Å². The van der Waals surface area contributed by atoms with Crippen LogP contribution in [0.3, 0.4) is 0 Å². The highest BCUT2D eigenvalue weighted by Crippen LogP contribution is 2.29. The lowest BCUT2D eigenvalue weighted by Crippen LogP contribution is -2.37. The minimum absolute atomic E-state index is 0.257. The van der Waals surface area contributed by atoms with E-state index in [4.69, 9.17) is 0 Å². The average Bonchev–Trinajstić information content (AvgIpc) is 2.30. The van der Waals surface area contributed by atoms with Crippen molar-refractivity contribution in [2.75, 3.05) is 19.7 Å². The molecule has 2 atom stereocenters. The highest BCUT2D eigenvalue weighted by Gasteiger charge is 2.25. The Bertz CT molecular complexity index is 276. The van der Waals surface area contributed by atoms with Gasteiger partial charge in [-0.2, -0.15) is 0 Å². The zero-order chi connectivity index (χ0) is 9.80. The van der Waals surface area contributed by atoms with Crippen LogP contribution in [-0.4, -0.2) is 29.8 Å². The van der Waals surface area contributed by atoms with E-state index in [1.54, 1.807) is 6.20 Å². The van der Waals surface area contributed by atoms with Gasteiger partial charge in [0.1, 0.15) is 0 Å². The third-order valence-corrected chi connectivity index (χ3v) is 2.95. The van der Waals surface area contributed by atoms with Crippen LogP contribution in [0, 0.1) is 5.92 Å². The number of aliphatic hydroxyl groups excluding tert-OH is 1. The Hall–Kier alpha value is -0.930. The molecule has 1 saturated heterocycles. The molecule has 1 aromatic heterocycles. The third-order valence-electron chi connectivity index (χ3n) is 2.95. The van der Waals surface area contributed by atoms with E-state index in [1.807, 2.05) is 12.3 Å². The summed E-state index contributed by atoms with van der Waals surface area (Å²) in [7, 11) is 0. The van der Waals surface area contributed by atoms with Crippen LogP contribution in [0.4, 0.5) is 0 Å². The predicted molar refractivity (Wildman–Crippen MR) is 55.0 cm³/mol. The first kappa shape index (κ1) is 9.62. The average molecular weight is 192 g/mol. The first-order chi connectivity index (χ1) is 6.92. The number of piperidine rings is 1. The Morgan fingerprint density at radius 3 is 3.21 bits per heavy atom. The number of rotatable bonds is 2. The Kier molecular flexibility index (Phi) is 3.11. The van der Waals surface area contributed by atoms with Crippen molar-refractivity contribution in [3.8, 4) is 0 Å². The van der Waals surface area contributed by atoms with Crippen LogP contribution in [0.15, 0.2) is 24.5 Å². The number of aromatic nitrogens is 1. The number of hydrogen-bond acceptors (Lipinski definition) is 3. The van der Waals surface area contributed by atoms with Gasteiger partial charge in [0.25, 0.3) is 0 Å². The highest BCUT2D eigenvalue weighted by atomic mass is 16.3. The van der Waals surface area contributed by atoms with Crippen LogP contribution < -0.4 is 5.32 Å². The molecule has 0 aliphatic carbocycles. The van der Waals surface area contributed by atoms with Crippen LogP contribution in [0.2, 0.25) is 0 Å². The monoisotopic (exact) mass is 192 g/mol. The van der Waals surface area contributed by atoms with Gasteiger partial charge in [-0.15, -0.1) is 0 Å². The zero-order valence-electron chi connectivity index (χ0n) is 8.19. The van der Waals surface area contributed by atoms with Gasteiger partial charge in [-0.05, 0) is 30.5 Å². The quantitative estimate of drug-likeness (QED) is 0.727. The minimum atomic E-state index is 0.257. The second-order valence-electron chi connectivity index (χ2n) is 3.83. The lowest BCUT2D eigenvalue weighted by atomic mass is 9.82. The van der Waals surface area contributed by atoms with E-state index < -0.39 is 0 Å². The fourth-order valence-electron chi connectivity index (χ4n) is 2.15. The first-order valence-corrected chi connectivity index (χ1v) is 5.13. The maximum Gasteiger partial charge on any atom is 0.0477 e. The van der Waals surface area contributed by atoms with E-state index in [-0.39, 0.29) is 6.61 Å². The maximum absolute atomic E-state index is 9.26. The summed E-state index contributed by atoms with van der Waals surface area (Å²) < 4.78 is 0. The normalized spacial score (nSPS) is 27.5. The van der Waals surface area contributed by atoms with Gasteiger partial charge in [-0.25, -0.2) is 0 Å². The Balaban J connectivity index is 2.15. The number of pyridine rings is 1. The summed E-state index contributed by atoms with van der Waals surface area (Å²) in [6.07, 6.45) is 4.80. The molecular weight excluding hydrogens is 176 g/mol. The Labute approximate surface area is 84.2 Å². The molecule has 2 heterocycles. The highest BCUT2D eigenvalue weighted by molar-refractivity contribution is 5.16. The SMILES string of the molecule is OC[C@@H]1CNCC[C@H]1c1cccnc1. The molecule has 0 unspecified atom stereocenters. The van der Waals surface area contributed by atoms with Crippen LogP contribution in [-0.2, 0) is 0 Å². The van der Waals surface area contributed by atoms with Crippen molar-refractivity contribution in [1.29, 1.82) is 0 Å². The summed E-state index contributed by atoms with van der Waals surface area (Å²) in [4.78, 5) is 4.13. The van der Waals surface area contributed by atoms with Crippen molar-refractivity contribution < 1.29 is 5.11 Å². The molecule has 0 aromatic carbocycles. The summed E-state index contributed by atoms with van der Waals surface area (Å²) in [5, 5.41) is 12.6. The van der Waals surface area contributed by atoms with Gasteiger partial charge in [0, 0.05) is 31.5 Å². The molecule has 1 fully saturated rings. The Morgan fingerprint density at radius 2 is 2.50 bits per heavy atom. The molecule has 0 amide bonds. The molecule has 0 saturated carbocycles. The molecule has 0 radical (unpaired) electrons. The van der Waals surface area contributed by atoms with Crippen molar-refractivity contribution >= 4 is 0 Å². The molecule has 0 bridgehead atoms. The van der Waals surface area contributed by atoms with E-state index in [0.717, 1.165) is 19.5 Å². The number of aliphatic hydroxyl groups is 1. The number of nitrogens with zero attached hydrogens (tertiary/aromatic N) is 1. The smallest absolute Gasteiger partial charge is 0.0477 e. The maximum atomic E-state index is 9.26. The predicted octanol–water partition coefficient (Wildman–Crippen LogP) is 0.767. The lowest BCUT2D eigenvalue weighted by Gasteiger charge is -2.30. The molecular formula is C11H16N2O. The van der Waals surface area contributed by atoms with Crippen LogP contribution in [0.25, 0.3) is 0 Å². The van der Waals surface area contributed by atoms with Gasteiger partial charge in [0.2, 0.25) is 0 Å². The van der Waals surface area contributed by atoms with Gasteiger partial charge in [-0.3, -0.25) is 4.98 Å². The first-order valence-electron chi connectivity index (χ1n) is 5.13. The molecule has 14 heavy (non-hydrogen) atoms. The van der Waals surface area contributed by atoms with Crippen molar-refractivity contribution in [2.45, 2.75) is 12.3 Å². The second kappa shape index (κ2) is 4.53. The number of nitrogens with one attached hydrogen (secondary N) is 1. The summed E-state index contributed by atoms with van der Waals surface area (Å²) in [6, 6.07) is 4.07. The lowest BCUT2D eigenvalue weighted by molar-refractivity contribution is 0.179. The molecule has 2 rings (SSSR count). The summed E-state index contributed by atoms with van der Waals surface area (Å²) in [5.41, 5.74) is 1.26. The molecule has 1 aliphatic rings. The van der Waals surface area contributed by atoms with E-state index in [1.165, 1.54) is 5.56 Å². The van der Waals surface area contributed by atoms with E-state index in [9.17, 15) is 5.11 Å². The second-order valence-corrected chi connectivity index (χ2v) is 3.83. The van der Waals surface area contributed by atoms with Gasteiger partial charge in [-0.1, -0.05) is 6.07 Å². The molecule has 76 valence electrons. The van der Waals surface area contributed by atoms with E-state index in [0.29, 0.717) is 11.8 Å². The van der Waals surface area contributed by atoms with Crippen molar-refractivity contribution in [2.24, 2.45) is 5.92 Å². The van der Waals surface area contributed by atoms with Crippen LogP contribution in [0.1, 0.15) is 17.9 Å². The van der Waals surface area contributed by atoms with Gasteiger partial charge in [0.05, 0.1) is 0 Å². The van der Waals surface area contributed by atoms with Gasteiger partial charge in [0.15, 0.2) is 0 Å².